The molecule has 0 radical (unpaired) electrons. The number of fused-ring (bicyclic) bond motifs is 1. The molecule has 5 rings (SSSR count). The second-order valence-electron chi connectivity index (χ2n) is 6.28. The Morgan fingerprint density at radius 3 is 2.55 bits per heavy atom. The molecule has 0 amide bonds. The quantitative estimate of drug-likeness (QED) is 0.516. The molecule has 1 aliphatic rings. The molecule has 4 aromatic heterocycles. The zero-order valence-electron chi connectivity index (χ0n) is 14.6. The minimum absolute atomic E-state index is 0.349. The van der Waals surface area contributed by atoms with Gasteiger partial charge in [-0.3, -0.25) is 9.78 Å². The summed E-state index contributed by atoms with van der Waals surface area (Å²) in [7, 11) is 0. The first kappa shape index (κ1) is 19.1. The molecule has 29 heavy (non-hydrogen) atoms. The maximum atomic E-state index is 11.9. The van der Waals surface area contributed by atoms with Crippen LogP contribution in [0.5, 0.6) is 0 Å². The Balaban J connectivity index is 0.000000192. The summed E-state index contributed by atoms with van der Waals surface area (Å²) in [5.74, 6) is 0.489. The molecular weight excluding hydrogens is 409 g/mol. The van der Waals surface area contributed by atoms with E-state index in [-0.39, 0.29) is 0 Å². The van der Waals surface area contributed by atoms with Gasteiger partial charge >= 0.3 is 11.9 Å². The third-order valence-corrected chi connectivity index (χ3v) is 4.99. The molecule has 0 saturated heterocycles. The summed E-state index contributed by atoms with van der Waals surface area (Å²) in [5, 5.41) is 4.88. The Morgan fingerprint density at radius 2 is 1.97 bits per heavy atom. The smallest absolute Gasteiger partial charge is 0.313 e. The average molecular weight is 422 g/mol. The van der Waals surface area contributed by atoms with Crippen molar-refractivity contribution in [3.05, 3.63) is 67.6 Å². The van der Waals surface area contributed by atoms with Gasteiger partial charge in [0.25, 0.3) is 5.56 Å². The number of nitrogens with one attached hydrogen (secondary N) is 2. The molecule has 0 aromatic carbocycles. The molecule has 150 valence electrons. The van der Waals surface area contributed by atoms with E-state index >= 15 is 0 Å². The van der Waals surface area contributed by atoms with Crippen LogP contribution in [0.4, 0.5) is 13.2 Å². The van der Waals surface area contributed by atoms with E-state index in [2.05, 4.69) is 25.0 Å². The third kappa shape index (κ3) is 4.11. The average Bonchev–Trinajstić information content (AvgIpc) is 3.15. The number of H-pyrrole nitrogens is 2. The van der Waals surface area contributed by atoms with Crippen LogP contribution in [0, 0.1) is 0 Å². The fourth-order valence-corrected chi connectivity index (χ4v) is 3.24. The highest BCUT2D eigenvalue weighted by Crippen LogP contribution is 2.42. The van der Waals surface area contributed by atoms with Crippen LogP contribution in [0.25, 0.3) is 16.9 Å². The minimum atomic E-state index is -4.27. The highest BCUT2D eigenvalue weighted by Gasteiger charge is 2.33. The molecular formula is C17H13F3N6O2S. The lowest BCUT2D eigenvalue weighted by Crippen LogP contribution is -2.23. The summed E-state index contributed by atoms with van der Waals surface area (Å²) in [6.07, 6.45) is 3.96. The van der Waals surface area contributed by atoms with Crippen LogP contribution >= 0.6 is 11.3 Å². The maximum absolute atomic E-state index is 11.9. The van der Waals surface area contributed by atoms with Crippen molar-refractivity contribution < 1.29 is 13.2 Å². The van der Waals surface area contributed by atoms with Gasteiger partial charge in [-0.25, -0.2) is 19.3 Å². The molecule has 0 atom stereocenters. The van der Waals surface area contributed by atoms with Crippen molar-refractivity contribution in [1.29, 1.82) is 0 Å². The predicted molar refractivity (Wildman–Crippen MR) is 98.8 cm³/mol. The first-order chi connectivity index (χ1) is 13.8. The molecule has 4 aromatic rings. The molecule has 0 unspecified atom stereocenters. The number of rotatable bonds is 2. The first-order valence-electron chi connectivity index (χ1n) is 8.46. The summed E-state index contributed by atoms with van der Waals surface area (Å²) in [6.45, 7) is 0. The number of aromatic amines is 2. The highest BCUT2D eigenvalue weighted by molar-refractivity contribution is 7.09. The van der Waals surface area contributed by atoms with E-state index in [0.717, 1.165) is 30.2 Å². The van der Waals surface area contributed by atoms with Crippen molar-refractivity contribution >= 4 is 17.0 Å². The highest BCUT2D eigenvalue weighted by atomic mass is 32.1. The van der Waals surface area contributed by atoms with Crippen molar-refractivity contribution in [2.24, 2.45) is 0 Å². The summed E-state index contributed by atoms with van der Waals surface area (Å²) < 4.78 is 36.4. The van der Waals surface area contributed by atoms with Crippen LogP contribution in [0.1, 0.15) is 29.3 Å². The van der Waals surface area contributed by atoms with Gasteiger partial charge in [-0.2, -0.15) is 18.3 Å². The van der Waals surface area contributed by atoms with Crippen LogP contribution in [0.15, 0.2) is 45.8 Å². The molecule has 0 spiro atoms. The number of hydrogen-bond donors (Lipinski definition) is 2. The number of hydrogen-bond acceptors (Lipinski definition) is 6. The molecule has 1 saturated carbocycles. The van der Waals surface area contributed by atoms with Gasteiger partial charge < -0.3 is 4.98 Å². The molecule has 4 heterocycles. The van der Waals surface area contributed by atoms with Gasteiger partial charge in [0.2, 0.25) is 0 Å². The summed E-state index contributed by atoms with van der Waals surface area (Å²) >= 11 is 0.594. The maximum Gasteiger partial charge on any atom is 0.443 e. The molecule has 12 heteroatoms. The second kappa shape index (κ2) is 7.28. The van der Waals surface area contributed by atoms with Crippen LogP contribution in [0.3, 0.4) is 0 Å². The topological polar surface area (TPSA) is 109 Å². The second-order valence-corrected chi connectivity index (χ2v) is 7.17. The lowest BCUT2D eigenvalue weighted by Gasteiger charge is -2.05. The van der Waals surface area contributed by atoms with Crippen molar-refractivity contribution in [2.75, 3.05) is 0 Å². The van der Waals surface area contributed by atoms with E-state index in [9.17, 15) is 22.8 Å². The van der Waals surface area contributed by atoms with Crippen LogP contribution in [-0.4, -0.2) is 29.5 Å². The number of halogens is 3. The fourth-order valence-electron chi connectivity index (χ4n) is 2.73. The lowest BCUT2D eigenvalue weighted by molar-refractivity contribution is -0.137. The van der Waals surface area contributed by atoms with Gasteiger partial charge in [-0.05, 0) is 24.8 Å². The predicted octanol–water partition coefficient (Wildman–Crippen LogP) is 2.81. The summed E-state index contributed by atoms with van der Waals surface area (Å²) in [6, 6.07) is 1.89. The largest absolute Gasteiger partial charge is 0.443 e. The monoisotopic (exact) mass is 422 g/mol. The third-order valence-electron chi connectivity index (χ3n) is 4.17. The molecule has 1 aliphatic carbocycles. The first-order valence-corrected chi connectivity index (χ1v) is 9.34. The number of aromatic nitrogens is 6. The van der Waals surface area contributed by atoms with Crippen molar-refractivity contribution in [3.8, 4) is 11.3 Å². The lowest BCUT2D eigenvalue weighted by atomic mass is 10.1. The Bertz CT molecular complexity index is 1250. The Labute approximate surface area is 164 Å². The van der Waals surface area contributed by atoms with Gasteiger partial charge in [0.1, 0.15) is 0 Å². The van der Waals surface area contributed by atoms with Gasteiger partial charge in [-0.1, -0.05) is 0 Å². The molecule has 8 nitrogen and oxygen atoms in total. The van der Waals surface area contributed by atoms with Crippen LogP contribution < -0.4 is 11.2 Å². The normalized spacial score (nSPS) is 13.9. The molecule has 2 N–H and O–H groups in total. The number of nitrogens with zero attached hydrogens (tertiary/aromatic N) is 4. The van der Waals surface area contributed by atoms with Crippen molar-refractivity contribution in [1.82, 2.24) is 29.5 Å². The van der Waals surface area contributed by atoms with E-state index in [4.69, 9.17) is 0 Å². The van der Waals surface area contributed by atoms with E-state index < -0.39 is 22.4 Å². The van der Waals surface area contributed by atoms with E-state index in [0.29, 0.717) is 28.5 Å². The number of alkyl halides is 3. The molecule has 0 bridgehead atoms. The molecule has 0 aliphatic heterocycles. The number of imidazole rings is 1. The Kier molecular flexibility index (Phi) is 4.78. The van der Waals surface area contributed by atoms with E-state index in [1.165, 1.54) is 11.6 Å². The van der Waals surface area contributed by atoms with Gasteiger partial charge in [-0.15, -0.1) is 11.3 Å². The fraction of sp³-hybridized carbons (Fsp3) is 0.235. The summed E-state index contributed by atoms with van der Waals surface area (Å²) in [4.78, 5) is 35.0. The SMILES string of the molecule is FC(F)(F)c1nccs1.O=c1[nH]cc(-c2cc(C3CC3)c3nccn3n2)c(=O)[nH]1. The Morgan fingerprint density at radius 1 is 1.17 bits per heavy atom. The van der Waals surface area contributed by atoms with Crippen molar-refractivity contribution in [3.63, 3.8) is 0 Å². The van der Waals surface area contributed by atoms with Crippen molar-refractivity contribution in [2.45, 2.75) is 24.9 Å². The zero-order chi connectivity index (χ0) is 20.6. The van der Waals surface area contributed by atoms with Gasteiger partial charge in [0, 0.05) is 35.7 Å². The zero-order valence-corrected chi connectivity index (χ0v) is 15.4. The van der Waals surface area contributed by atoms with Gasteiger partial charge in [0.15, 0.2) is 10.7 Å². The standard InChI is InChI=1S/C13H11N5O2.C4H2F3NS/c19-12-9(6-15-13(20)16-12)10-5-8(7-1-2-7)11-14-3-4-18(11)17-10;5-4(6,7)3-8-1-2-9-3/h3-7H,1-2H2,(H2,15,16,19,20);1-2H. The van der Waals surface area contributed by atoms with Crippen LogP contribution in [0.2, 0.25) is 0 Å². The number of thiazole rings is 1. The summed E-state index contributed by atoms with van der Waals surface area (Å²) in [5.41, 5.74) is 1.85. The van der Waals surface area contributed by atoms with Gasteiger partial charge in [0.05, 0.1) is 11.3 Å². The molecule has 1 fully saturated rings. The minimum Gasteiger partial charge on any atom is -0.313 e. The van der Waals surface area contributed by atoms with Crippen LogP contribution in [-0.2, 0) is 6.18 Å². The van der Waals surface area contributed by atoms with E-state index in [1.807, 2.05) is 6.07 Å². The van der Waals surface area contributed by atoms with E-state index in [1.54, 1.807) is 16.9 Å². The Hall–Kier alpha value is -3.28.